The average molecular weight is 343 g/mol. The number of hydrogen-bond donors (Lipinski definition) is 2. The van der Waals surface area contributed by atoms with E-state index in [0.29, 0.717) is 23.6 Å². The molecule has 2 heterocycles. The van der Waals surface area contributed by atoms with E-state index < -0.39 is 10.0 Å². The zero-order chi connectivity index (χ0) is 17.0. The van der Waals surface area contributed by atoms with Gasteiger partial charge in [0.1, 0.15) is 10.7 Å². The summed E-state index contributed by atoms with van der Waals surface area (Å²) in [5.74, 6) is 0.592. The Bertz CT molecular complexity index is 908. The Morgan fingerprint density at radius 3 is 2.71 bits per heavy atom. The molecule has 124 valence electrons. The van der Waals surface area contributed by atoms with Crippen LogP contribution < -0.4 is 10.0 Å². The minimum atomic E-state index is -3.73. The zero-order valence-electron chi connectivity index (χ0n) is 13.1. The highest BCUT2D eigenvalue weighted by atomic mass is 32.2. The van der Waals surface area contributed by atoms with Crippen molar-refractivity contribution >= 4 is 15.7 Å². The van der Waals surface area contributed by atoms with Crippen molar-refractivity contribution < 1.29 is 12.8 Å². The number of hydrogen-bond acceptors (Lipinski definition) is 5. The maximum absolute atomic E-state index is 12.6. The molecule has 3 rings (SSSR count). The third-order valence-electron chi connectivity index (χ3n) is 3.44. The average Bonchev–Trinajstić information content (AvgIpc) is 3.10. The summed E-state index contributed by atoms with van der Waals surface area (Å²) in [6.45, 7) is 0.625. The third-order valence-corrected chi connectivity index (χ3v) is 4.79. The molecule has 0 spiro atoms. The molecule has 0 fully saturated rings. The van der Waals surface area contributed by atoms with E-state index in [1.165, 1.54) is 18.5 Å². The molecule has 24 heavy (non-hydrogen) atoms. The molecular weight excluding hydrogens is 326 g/mol. The van der Waals surface area contributed by atoms with Gasteiger partial charge in [0, 0.05) is 24.5 Å². The van der Waals surface area contributed by atoms with E-state index in [9.17, 15) is 8.42 Å². The topological polar surface area (TPSA) is 84.2 Å². The number of aromatic nitrogens is 1. The van der Waals surface area contributed by atoms with Gasteiger partial charge in [-0.1, -0.05) is 6.07 Å². The minimum Gasteiger partial charge on any atom is -0.464 e. The Labute approximate surface area is 140 Å². The lowest BCUT2D eigenvalue weighted by Gasteiger charge is -2.13. The number of anilines is 1. The molecular formula is C17H17N3O3S. The molecule has 0 saturated carbocycles. The number of furan rings is 1. The number of sulfonamides is 1. The number of rotatable bonds is 6. The molecule has 1 aromatic carbocycles. The summed E-state index contributed by atoms with van der Waals surface area (Å²) >= 11 is 0. The van der Waals surface area contributed by atoms with Crippen LogP contribution in [0.25, 0.3) is 11.3 Å². The first-order valence-electron chi connectivity index (χ1n) is 7.34. The zero-order valence-corrected chi connectivity index (χ0v) is 13.9. The summed E-state index contributed by atoms with van der Waals surface area (Å²) in [6, 6.07) is 12.2. The molecule has 0 bridgehead atoms. The Morgan fingerprint density at radius 2 is 2.04 bits per heavy atom. The first-order valence-corrected chi connectivity index (χ1v) is 8.83. The predicted octanol–water partition coefficient (Wildman–Crippen LogP) is 2.86. The van der Waals surface area contributed by atoms with Crippen LogP contribution in [0.5, 0.6) is 0 Å². The van der Waals surface area contributed by atoms with Crippen molar-refractivity contribution in [2.75, 3.05) is 11.8 Å². The van der Waals surface area contributed by atoms with Gasteiger partial charge in [0.05, 0.1) is 12.0 Å². The van der Waals surface area contributed by atoms with Gasteiger partial charge in [-0.15, -0.1) is 0 Å². The Kier molecular flexibility index (Phi) is 4.64. The molecule has 0 aliphatic carbocycles. The number of nitrogens with one attached hydrogen (secondary N) is 2. The molecule has 7 heteroatoms. The van der Waals surface area contributed by atoms with E-state index in [0.717, 1.165) is 5.56 Å². The van der Waals surface area contributed by atoms with E-state index in [1.807, 2.05) is 19.2 Å². The fourth-order valence-corrected chi connectivity index (χ4v) is 3.38. The molecule has 2 N–H and O–H groups in total. The Morgan fingerprint density at radius 1 is 1.17 bits per heavy atom. The van der Waals surface area contributed by atoms with Crippen molar-refractivity contribution in [3.8, 4) is 11.3 Å². The smallest absolute Gasteiger partial charge is 0.263 e. The molecule has 0 amide bonds. The maximum Gasteiger partial charge on any atom is 0.263 e. The summed E-state index contributed by atoms with van der Waals surface area (Å²) < 4.78 is 33.2. The molecule has 0 aliphatic heterocycles. The van der Waals surface area contributed by atoms with E-state index in [2.05, 4.69) is 15.0 Å². The van der Waals surface area contributed by atoms with Gasteiger partial charge in [0.25, 0.3) is 10.0 Å². The first-order chi connectivity index (χ1) is 11.6. The van der Waals surface area contributed by atoms with Crippen molar-refractivity contribution in [1.82, 2.24) is 10.3 Å². The minimum absolute atomic E-state index is 0.106. The highest BCUT2D eigenvalue weighted by molar-refractivity contribution is 7.92. The van der Waals surface area contributed by atoms with Gasteiger partial charge in [-0.25, -0.2) is 8.42 Å². The first kappa shape index (κ1) is 16.2. The van der Waals surface area contributed by atoms with Crippen molar-refractivity contribution in [3.05, 3.63) is 66.7 Å². The largest absolute Gasteiger partial charge is 0.464 e. The SMILES string of the molecule is CNCc1ccc(-c2ccco2)c(NS(=O)(=O)c2cccnc2)c1. The van der Waals surface area contributed by atoms with E-state index in [-0.39, 0.29) is 4.90 Å². The van der Waals surface area contributed by atoms with Crippen molar-refractivity contribution in [2.24, 2.45) is 0 Å². The van der Waals surface area contributed by atoms with Gasteiger partial charge < -0.3 is 9.73 Å². The van der Waals surface area contributed by atoms with Crippen LogP contribution in [0, 0.1) is 0 Å². The summed E-state index contributed by atoms with van der Waals surface area (Å²) in [5, 5.41) is 3.05. The van der Waals surface area contributed by atoms with Crippen LogP contribution in [0.2, 0.25) is 0 Å². The maximum atomic E-state index is 12.6. The quantitative estimate of drug-likeness (QED) is 0.719. The Balaban J connectivity index is 2.03. The standard InChI is InChI=1S/C17H17N3O3S/c1-18-11-13-6-7-15(17-5-3-9-23-17)16(10-13)20-24(21,22)14-4-2-8-19-12-14/h2-10,12,18,20H,11H2,1H3. The highest BCUT2D eigenvalue weighted by Gasteiger charge is 2.18. The lowest BCUT2D eigenvalue weighted by molar-refractivity contribution is 0.582. The van der Waals surface area contributed by atoms with Crippen LogP contribution in [-0.2, 0) is 16.6 Å². The van der Waals surface area contributed by atoms with Crippen LogP contribution in [0.3, 0.4) is 0 Å². The summed E-state index contributed by atoms with van der Waals surface area (Å²) in [7, 11) is -1.90. The van der Waals surface area contributed by atoms with Crippen LogP contribution in [0.15, 0.2) is 70.4 Å². The lowest BCUT2D eigenvalue weighted by atomic mass is 10.1. The van der Waals surface area contributed by atoms with Gasteiger partial charge in [-0.3, -0.25) is 9.71 Å². The molecule has 0 aliphatic rings. The fourth-order valence-electron chi connectivity index (χ4n) is 2.35. The molecule has 0 atom stereocenters. The fraction of sp³-hybridized carbons (Fsp3) is 0.118. The molecule has 6 nitrogen and oxygen atoms in total. The summed E-state index contributed by atoms with van der Waals surface area (Å²) in [6.07, 6.45) is 4.39. The normalized spacial score (nSPS) is 11.4. The van der Waals surface area contributed by atoms with E-state index in [1.54, 1.807) is 30.5 Å². The van der Waals surface area contributed by atoms with Gasteiger partial charge >= 0.3 is 0 Å². The van der Waals surface area contributed by atoms with Crippen LogP contribution >= 0.6 is 0 Å². The molecule has 0 saturated heterocycles. The van der Waals surface area contributed by atoms with E-state index in [4.69, 9.17) is 4.42 Å². The molecule has 0 unspecified atom stereocenters. The summed E-state index contributed by atoms with van der Waals surface area (Å²) in [4.78, 5) is 3.97. The number of pyridine rings is 1. The van der Waals surface area contributed by atoms with Gasteiger partial charge in [0.15, 0.2) is 0 Å². The summed E-state index contributed by atoms with van der Waals surface area (Å²) in [5.41, 5.74) is 2.09. The van der Waals surface area contributed by atoms with Gasteiger partial charge in [-0.2, -0.15) is 0 Å². The molecule has 2 aromatic heterocycles. The predicted molar refractivity (Wildman–Crippen MR) is 92.0 cm³/mol. The van der Waals surface area contributed by atoms with Crippen molar-refractivity contribution in [1.29, 1.82) is 0 Å². The Hall–Kier alpha value is -2.64. The number of nitrogens with zero attached hydrogens (tertiary/aromatic N) is 1. The van der Waals surface area contributed by atoms with Crippen molar-refractivity contribution in [3.63, 3.8) is 0 Å². The third kappa shape index (κ3) is 3.47. The lowest BCUT2D eigenvalue weighted by Crippen LogP contribution is -2.14. The second-order valence-corrected chi connectivity index (χ2v) is 6.86. The monoisotopic (exact) mass is 343 g/mol. The molecule has 3 aromatic rings. The van der Waals surface area contributed by atoms with Gasteiger partial charge in [0.2, 0.25) is 0 Å². The second-order valence-electron chi connectivity index (χ2n) is 5.18. The van der Waals surface area contributed by atoms with Crippen LogP contribution in [0.1, 0.15) is 5.56 Å². The van der Waals surface area contributed by atoms with Gasteiger partial charge in [-0.05, 0) is 49.0 Å². The van der Waals surface area contributed by atoms with Crippen LogP contribution in [0.4, 0.5) is 5.69 Å². The second kappa shape index (κ2) is 6.86. The number of benzene rings is 1. The van der Waals surface area contributed by atoms with Crippen molar-refractivity contribution in [2.45, 2.75) is 11.4 Å². The van der Waals surface area contributed by atoms with Crippen LogP contribution in [-0.4, -0.2) is 20.4 Å². The highest BCUT2D eigenvalue weighted by Crippen LogP contribution is 2.31. The van der Waals surface area contributed by atoms with E-state index >= 15 is 0 Å². The molecule has 0 radical (unpaired) electrons.